The number of aliphatic hydroxyl groups excluding tert-OH is 1. The summed E-state index contributed by atoms with van der Waals surface area (Å²) in [4.78, 5) is 0. The zero-order chi connectivity index (χ0) is 13.1. The average molecular weight is 267 g/mol. The molecule has 0 fully saturated rings. The van der Waals surface area contributed by atoms with Crippen molar-refractivity contribution in [2.24, 2.45) is 0 Å². The van der Waals surface area contributed by atoms with E-state index >= 15 is 0 Å². The summed E-state index contributed by atoms with van der Waals surface area (Å²) >= 11 is 6.16. The fourth-order valence-electron chi connectivity index (χ4n) is 1.92. The summed E-state index contributed by atoms with van der Waals surface area (Å²) in [6.45, 7) is 1.88. The molecule has 0 amide bonds. The molecule has 5 heteroatoms. The van der Waals surface area contributed by atoms with Crippen molar-refractivity contribution < 1.29 is 9.84 Å². The molecule has 2 aromatic rings. The SMILES string of the molecule is CCc1nn(-c2ccccc2Cl)c(OC)c1CO. The van der Waals surface area contributed by atoms with Crippen LogP contribution in [-0.2, 0) is 13.0 Å². The van der Waals surface area contributed by atoms with Gasteiger partial charge in [-0.15, -0.1) is 0 Å². The van der Waals surface area contributed by atoms with Gasteiger partial charge < -0.3 is 9.84 Å². The van der Waals surface area contributed by atoms with Crippen molar-refractivity contribution in [3.05, 3.63) is 40.5 Å². The van der Waals surface area contributed by atoms with Crippen molar-refractivity contribution in [3.8, 4) is 11.6 Å². The van der Waals surface area contributed by atoms with E-state index in [0.717, 1.165) is 17.8 Å². The normalized spacial score (nSPS) is 10.7. The van der Waals surface area contributed by atoms with E-state index in [2.05, 4.69) is 5.10 Å². The van der Waals surface area contributed by atoms with Crippen LogP contribution < -0.4 is 4.74 Å². The average Bonchev–Trinajstić information content (AvgIpc) is 2.76. The third-order valence-electron chi connectivity index (χ3n) is 2.79. The number of nitrogens with zero attached hydrogens (tertiary/aromatic N) is 2. The predicted octanol–water partition coefficient (Wildman–Crippen LogP) is 2.59. The number of aryl methyl sites for hydroxylation is 1. The highest BCUT2D eigenvalue weighted by Gasteiger charge is 2.18. The van der Waals surface area contributed by atoms with E-state index in [1.54, 1.807) is 17.9 Å². The van der Waals surface area contributed by atoms with Crippen LogP contribution in [0.5, 0.6) is 5.88 Å². The lowest BCUT2D eigenvalue weighted by molar-refractivity contribution is 0.271. The quantitative estimate of drug-likeness (QED) is 0.925. The lowest BCUT2D eigenvalue weighted by atomic mass is 10.2. The Balaban J connectivity index is 2.64. The Kier molecular flexibility index (Phi) is 3.89. The van der Waals surface area contributed by atoms with Crippen LogP contribution in [0.3, 0.4) is 0 Å². The van der Waals surface area contributed by atoms with E-state index in [-0.39, 0.29) is 6.61 Å². The first-order valence-corrected chi connectivity index (χ1v) is 6.11. The minimum atomic E-state index is -0.100. The monoisotopic (exact) mass is 266 g/mol. The van der Waals surface area contributed by atoms with Gasteiger partial charge in [0.2, 0.25) is 5.88 Å². The zero-order valence-corrected chi connectivity index (χ0v) is 11.1. The van der Waals surface area contributed by atoms with Crippen molar-refractivity contribution in [1.82, 2.24) is 9.78 Å². The molecule has 18 heavy (non-hydrogen) atoms. The van der Waals surface area contributed by atoms with Crippen LogP contribution in [0.4, 0.5) is 0 Å². The number of hydrogen-bond donors (Lipinski definition) is 1. The van der Waals surface area contributed by atoms with Gasteiger partial charge in [-0.2, -0.15) is 9.78 Å². The summed E-state index contributed by atoms with van der Waals surface area (Å²) in [6, 6.07) is 7.39. The molecule has 1 N–H and O–H groups in total. The van der Waals surface area contributed by atoms with E-state index < -0.39 is 0 Å². The molecule has 0 aliphatic heterocycles. The van der Waals surface area contributed by atoms with Gasteiger partial charge in [0.15, 0.2) is 0 Å². The van der Waals surface area contributed by atoms with Gasteiger partial charge in [0, 0.05) is 0 Å². The fraction of sp³-hybridized carbons (Fsp3) is 0.308. The number of benzene rings is 1. The molecule has 96 valence electrons. The maximum absolute atomic E-state index is 9.42. The molecule has 0 radical (unpaired) electrons. The maximum atomic E-state index is 9.42. The molecule has 1 aromatic carbocycles. The van der Waals surface area contributed by atoms with Gasteiger partial charge in [0.05, 0.1) is 35.7 Å². The number of halogens is 1. The van der Waals surface area contributed by atoms with Crippen molar-refractivity contribution in [2.75, 3.05) is 7.11 Å². The van der Waals surface area contributed by atoms with Crippen LogP contribution >= 0.6 is 11.6 Å². The van der Waals surface area contributed by atoms with Crippen LogP contribution in [-0.4, -0.2) is 22.0 Å². The van der Waals surface area contributed by atoms with Crippen LogP contribution in [0.15, 0.2) is 24.3 Å². The number of para-hydroxylation sites is 1. The highest BCUT2D eigenvalue weighted by Crippen LogP contribution is 2.29. The van der Waals surface area contributed by atoms with Gasteiger partial charge in [-0.1, -0.05) is 30.7 Å². The lowest BCUT2D eigenvalue weighted by Crippen LogP contribution is -2.01. The Hall–Kier alpha value is -1.52. The molecule has 0 saturated heterocycles. The standard InChI is InChI=1S/C13H15ClN2O2/c1-3-11-9(8-17)13(18-2)16(15-11)12-7-5-4-6-10(12)14/h4-7,17H,3,8H2,1-2H3. The highest BCUT2D eigenvalue weighted by molar-refractivity contribution is 6.32. The van der Waals surface area contributed by atoms with Crippen LogP contribution in [0.25, 0.3) is 5.69 Å². The number of aromatic nitrogens is 2. The number of aliphatic hydroxyl groups is 1. The van der Waals surface area contributed by atoms with E-state index in [0.29, 0.717) is 16.5 Å². The highest BCUT2D eigenvalue weighted by atomic mass is 35.5. The maximum Gasteiger partial charge on any atom is 0.222 e. The summed E-state index contributed by atoms with van der Waals surface area (Å²) in [5.74, 6) is 0.530. The van der Waals surface area contributed by atoms with Gasteiger partial charge in [-0.05, 0) is 18.6 Å². The molecular formula is C13H15ClN2O2. The molecule has 0 aliphatic rings. The number of methoxy groups -OCH3 is 1. The lowest BCUT2D eigenvalue weighted by Gasteiger charge is -2.08. The summed E-state index contributed by atoms with van der Waals surface area (Å²) in [7, 11) is 1.56. The third-order valence-corrected chi connectivity index (χ3v) is 3.11. The van der Waals surface area contributed by atoms with E-state index in [1.165, 1.54) is 0 Å². The van der Waals surface area contributed by atoms with Gasteiger partial charge in [0.1, 0.15) is 0 Å². The van der Waals surface area contributed by atoms with Gasteiger partial charge in [0.25, 0.3) is 0 Å². The molecule has 0 unspecified atom stereocenters. The zero-order valence-electron chi connectivity index (χ0n) is 10.4. The minimum absolute atomic E-state index is 0.100. The summed E-state index contributed by atoms with van der Waals surface area (Å²) in [5.41, 5.74) is 2.26. The molecule has 0 atom stereocenters. The first kappa shape index (κ1) is 12.9. The number of hydrogen-bond acceptors (Lipinski definition) is 3. The first-order chi connectivity index (χ1) is 8.72. The van der Waals surface area contributed by atoms with Gasteiger partial charge in [-0.3, -0.25) is 0 Å². The molecule has 0 aliphatic carbocycles. The van der Waals surface area contributed by atoms with Crippen molar-refractivity contribution in [1.29, 1.82) is 0 Å². The van der Waals surface area contributed by atoms with Crippen molar-refractivity contribution in [2.45, 2.75) is 20.0 Å². The molecular weight excluding hydrogens is 252 g/mol. The molecule has 1 heterocycles. The Morgan fingerprint density at radius 3 is 2.67 bits per heavy atom. The molecule has 0 spiro atoms. The molecule has 0 saturated carbocycles. The third kappa shape index (κ3) is 2.09. The summed E-state index contributed by atoms with van der Waals surface area (Å²) < 4.78 is 6.97. The Labute approximate surface area is 111 Å². The molecule has 2 rings (SSSR count). The van der Waals surface area contributed by atoms with Crippen LogP contribution in [0.1, 0.15) is 18.2 Å². The Morgan fingerprint density at radius 2 is 2.11 bits per heavy atom. The smallest absolute Gasteiger partial charge is 0.222 e. The van der Waals surface area contributed by atoms with Crippen LogP contribution in [0.2, 0.25) is 5.02 Å². The molecule has 1 aromatic heterocycles. The second-order valence-corrected chi connectivity index (χ2v) is 4.22. The predicted molar refractivity (Wildman–Crippen MR) is 70.4 cm³/mol. The number of ether oxygens (including phenoxy) is 1. The first-order valence-electron chi connectivity index (χ1n) is 5.73. The van der Waals surface area contributed by atoms with Crippen LogP contribution in [0, 0.1) is 0 Å². The van der Waals surface area contributed by atoms with Crippen molar-refractivity contribution in [3.63, 3.8) is 0 Å². The van der Waals surface area contributed by atoms with Gasteiger partial charge >= 0.3 is 0 Å². The largest absolute Gasteiger partial charge is 0.481 e. The molecule has 0 bridgehead atoms. The Morgan fingerprint density at radius 1 is 1.39 bits per heavy atom. The second-order valence-electron chi connectivity index (χ2n) is 3.81. The summed E-state index contributed by atoms with van der Waals surface area (Å²) in [6.07, 6.45) is 0.726. The van der Waals surface area contributed by atoms with E-state index in [4.69, 9.17) is 16.3 Å². The van der Waals surface area contributed by atoms with Crippen molar-refractivity contribution >= 4 is 11.6 Å². The van der Waals surface area contributed by atoms with E-state index in [1.807, 2.05) is 25.1 Å². The topological polar surface area (TPSA) is 47.3 Å². The summed E-state index contributed by atoms with van der Waals surface area (Å²) in [5, 5.41) is 14.5. The second kappa shape index (κ2) is 5.42. The number of rotatable bonds is 4. The van der Waals surface area contributed by atoms with Gasteiger partial charge in [-0.25, -0.2) is 0 Å². The fourth-order valence-corrected chi connectivity index (χ4v) is 2.13. The van der Waals surface area contributed by atoms with E-state index in [9.17, 15) is 5.11 Å². The Bertz CT molecular complexity index is 552. The molecule has 4 nitrogen and oxygen atoms in total. The minimum Gasteiger partial charge on any atom is -0.481 e.